The number of nitro benzene ring substituents is 1. The van der Waals surface area contributed by atoms with Gasteiger partial charge in [-0.05, 0) is 18.1 Å². The molecule has 0 radical (unpaired) electrons. The van der Waals surface area contributed by atoms with Crippen LogP contribution in [0.15, 0.2) is 61.2 Å². The van der Waals surface area contributed by atoms with Crippen molar-refractivity contribution in [3.8, 4) is 0 Å². The molecule has 2 aromatic carbocycles. The number of anilines is 1. The van der Waals surface area contributed by atoms with Crippen LogP contribution in [0, 0.1) is 10.1 Å². The van der Waals surface area contributed by atoms with Gasteiger partial charge in [-0.15, -0.1) is 6.58 Å². The van der Waals surface area contributed by atoms with E-state index in [4.69, 9.17) is 0 Å². The molecule has 1 amide bonds. The van der Waals surface area contributed by atoms with E-state index in [1.54, 1.807) is 30.3 Å². The summed E-state index contributed by atoms with van der Waals surface area (Å²) in [6.45, 7) is 3.58. The highest BCUT2D eigenvalue weighted by Crippen LogP contribution is 2.34. The zero-order chi connectivity index (χ0) is 19.3. The number of benzene rings is 2. The van der Waals surface area contributed by atoms with E-state index in [-0.39, 0.29) is 12.1 Å². The number of hydrogen-bond acceptors (Lipinski definition) is 3. The summed E-state index contributed by atoms with van der Waals surface area (Å²) in [5.74, 6) is -1.26. The van der Waals surface area contributed by atoms with Gasteiger partial charge in [-0.2, -0.15) is 13.2 Å². The van der Waals surface area contributed by atoms with Gasteiger partial charge in [0, 0.05) is 17.8 Å². The first kappa shape index (κ1) is 19.2. The number of alkyl halides is 3. The van der Waals surface area contributed by atoms with Crippen LogP contribution < -0.4 is 5.32 Å². The van der Waals surface area contributed by atoms with Gasteiger partial charge in [0.1, 0.15) is 0 Å². The predicted octanol–water partition coefficient (Wildman–Crippen LogP) is 4.91. The predicted molar refractivity (Wildman–Crippen MR) is 90.7 cm³/mol. The Balaban J connectivity index is 2.36. The quantitative estimate of drug-likeness (QED) is 0.450. The number of amides is 1. The average Bonchev–Trinajstić information content (AvgIpc) is 2.59. The van der Waals surface area contributed by atoms with Crippen molar-refractivity contribution in [2.24, 2.45) is 0 Å². The highest BCUT2D eigenvalue weighted by Gasteiger charge is 2.33. The molecule has 26 heavy (non-hydrogen) atoms. The first-order chi connectivity index (χ1) is 12.2. The van der Waals surface area contributed by atoms with Gasteiger partial charge in [-0.1, -0.05) is 36.4 Å². The number of hydrogen-bond donors (Lipinski definition) is 1. The van der Waals surface area contributed by atoms with Crippen molar-refractivity contribution in [2.45, 2.75) is 18.5 Å². The minimum absolute atomic E-state index is 0.261. The molecule has 0 saturated heterocycles. The molecule has 0 aliphatic rings. The van der Waals surface area contributed by atoms with Crippen LogP contribution in [0.3, 0.4) is 0 Å². The normalized spacial score (nSPS) is 12.3. The first-order valence-electron chi connectivity index (χ1n) is 7.55. The standard InChI is InChI=1S/C18H15F3N2O3/c1-2-6-16(12-7-4-3-5-8-12)17(24)22-14-9-13(18(19,20)21)10-15(11-14)23(25)26/h2-5,7-11,16H,1,6H2,(H,22,24). The molecule has 1 unspecified atom stereocenters. The smallest absolute Gasteiger partial charge is 0.325 e. The van der Waals surface area contributed by atoms with Crippen LogP contribution in [0.5, 0.6) is 0 Å². The van der Waals surface area contributed by atoms with Crippen LogP contribution in [0.25, 0.3) is 0 Å². The van der Waals surface area contributed by atoms with E-state index in [1.165, 1.54) is 6.08 Å². The van der Waals surface area contributed by atoms with Gasteiger partial charge in [-0.3, -0.25) is 14.9 Å². The van der Waals surface area contributed by atoms with Gasteiger partial charge < -0.3 is 5.32 Å². The Hall–Kier alpha value is -3.16. The molecule has 0 aliphatic carbocycles. The lowest BCUT2D eigenvalue weighted by atomic mass is 9.94. The number of halogens is 3. The fourth-order valence-electron chi connectivity index (χ4n) is 2.43. The van der Waals surface area contributed by atoms with Crippen molar-refractivity contribution >= 4 is 17.3 Å². The van der Waals surface area contributed by atoms with E-state index in [0.29, 0.717) is 17.7 Å². The highest BCUT2D eigenvalue weighted by atomic mass is 19.4. The van der Waals surface area contributed by atoms with Crippen molar-refractivity contribution in [3.05, 3.63) is 82.4 Å². The number of nitro groups is 1. The maximum atomic E-state index is 12.9. The topological polar surface area (TPSA) is 72.2 Å². The van der Waals surface area contributed by atoms with E-state index in [1.807, 2.05) is 0 Å². The number of allylic oxidation sites excluding steroid dienone is 1. The molecule has 0 aromatic heterocycles. The van der Waals surface area contributed by atoms with Crippen LogP contribution in [0.1, 0.15) is 23.5 Å². The molecule has 8 heteroatoms. The lowest BCUT2D eigenvalue weighted by molar-refractivity contribution is -0.385. The van der Waals surface area contributed by atoms with Gasteiger partial charge in [-0.25, -0.2) is 0 Å². The molecule has 136 valence electrons. The van der Waals surface area contributed by atoms with Crippen molar-refractivity contribution in [3.63, 3.8) is 0 Å². The largest absolute Gasteiger partial charge is 0.416 e. The summed E-state index contributed by atoms with van der Waals surface area (Å²) in [6, 6.07) is 10.6. The molecule has 0 fully saturated rings. The van der Waals surface area contributed by atoms with Crippen molar-refractivity contribution in [2.75, 3.05) is 5.32 Å². The zero-order valence-electron chi connectivity index (χ0n) is 13.5. The molecular weight excluding hydrogens is 349 g/mol. The Kier molecular flexibility index (Phi) is 5.76. The molecule has 0 saturated carbocycles. The van der Waals surface area contributed by atoms with Crippen LogP contribution in [0.2, 0.25) is 0 Å². The summed E-state index contributed by atoms with van der Waals surface area (Å²) in [4.78, 5) is 22.5. The number of nitrogens with zero attached hydrogens (tertiary/aromatic N) is 1. The molecule has 1 N–H and O–H groups in total. The average molecular weight is 364 g/mol. The first-order valence-corrected chi connectivity index (χ1v) is 7.55. The molecule has 0 bridgehead atoms. The third kappa shape index (κ3) is 4.69. The van der Waals surface area contributed by atoms with Gasteiger partial charge in [0.15, 0.2) is 0 Å². The Labute approximate surface area is 147 Å². The third-order valence-corrected chi connectivity index (χ3v) is 3.64. The van der Waals surface area contributed by atoms with Crippen LogP contribution in [0.4, 0.5) is 24.5 Å². The highest BCUT2D eigenvalue weighted by molar-refractivity contribution is 5.96. The van der Waals surface area contributed by atoms with Crippen molar-refractivity contribution in [1.82, 2.24) is 0 Å². The van der Waals surface area contributed by atoms with E-state index in [9.17, 15) is 28.1 Å². The minimum Gasteiger partial charge on any atom is -0.325 e. The second kappa shape index (κ2) is 7.81. The number of rotatable bonds is 6. The SMILES string of the molecule is C=CCC(C(=O)Nc1cc([N+](=O)[O-])cc(C(F)(F)F)c1)c1ccccc1. The molecular formula is C18H15F3N2O3. The van der Waals surface area contributed by atoms with Crippen LogP contribution in [-0.2, 0) is 11.0 Å². The maximum Gasteiger partial charge on any atom is 0.416 e. The Bertz CT molecular complexity index is 820. The molecule has 0 heterocycles. The number of non-ortho nitro benzene ring substituents is 1. The molecule has 0 spiro atoms. The molecule has 5 nitrogen and oxygen atoms in total. The van der Waals surface area contributed by atoms with Gasteiger partial charge >= 0.3 is 6.18 Å². The lowest BCUT2D eigenvalue weighted by Crippen LogP contribution is -2.21. The second-order valence-corrected chi connectivity index (χ2v) is 5.50. The van der Waals surface area contributed by atoms with Crippen molar-refractivity contribution < 1.29 is 22.9 Å². The summed E-state index contributed by atoms with van der Waals surface area (Å²) in [6.07, 6.45) is -2.99. The Morgan fingerprint density at radius 1 is 1.23 bits per heavy atom. The van der Waals surface area contributed by atoms with Crippen molar-refractivity contribution in [1.29, 1.82) is 0 Å². The summed E-state index contributed by atoms with van der Waals surface area (Å²) >= 11 is 0. The minimum atomic E-state index is -4.77. The van der Waals surface area contributed by atoms with Crippen LogP contribution in [-0.4, -0.2) is 10.8 Å². The van der Waals surface area contributed by atoms with Gasteiger partial charge in [0.05, 0.1) is 16.4 Å². The summed E-state index contributed by atoms with van der Waals surface area (Å²) in [5.41, 5.74) is -1.59. The summed E-state index contributed by atoms with van der Waals surface area (Å²) in [7, 11) is 0. The summed E-state index contributed by atoms with van der Waals surface area (Å²) in [5, 5.41) is 13.2. The van der Waals surface area contributed by atoms with E-state index < -0.39 is 34.2 Å². The fraction of sp³-hybridized carbons (Fsp3) is 0.167. The van der Waals surface area contributed by atoms with Gasteiger partial charge in [0.25, 0.3) is 5.69 Å². The molecule has 2 aromatic rings. The van der Waals surface area contributed by atoms with Crippen LogP contribution >= 0.6 is 0 Å². The third-order valence-electron chi connectivity index (χ3n) is 3.64. The van der Waals surface area contributed by atoms with E-state index in [2.05, 4.69) is 11.9 Å². The fourth-order valence-corrected chi connectivity index (χ4v) is 2.43. The maximum absolute atomic E-state index is 12.9. The second-order valence-electron chi connectivity index (χ2n) is 5.50. The Morgan fingerprint density at radius 3 is 2.42 bits per heavy atom. The number of carbonyl (C=O) groups is 1. The monoisotopic (exact) mass is 364 g/mol. The number of carbonyl (C=O) groups excluding carboxylic acids is 1. The molecule has 0 aliphatic heterocycles. The molecule has 2 rings (SSSR count). The van der Waals surface area contributed by atoms with E-state index in [0.717, 1.165) is 6.07 Å². The number of nitrogens with one attached hydrogen (secondary N) is 1. The van der Waals surface area contributed by atoms with E-state index >= 15 is 0 Å². The summed E-state index contributed by atoms with van der Waals surface area (Å²) < 4.78 is 38.8. The Morgan fingerprint density at radius 2 is 1.88 bits per heavy atom. The zero-order valence-corrected chi connectivity index (χ0v) is 13.5. The lowest BCUT2D eigenvalue weighted by Gasteiger charge is -2.16. The van der Waals surface area contributed by atoms with Gasteiger partial charge in [0.2, 0.25) is 5.91 Å². The molecule has 1 atom stereocenters.